The topological polar surface area (TPSA) is 150 Å². The van der Waals surface area contributed by atoms with Gasteiger partial charge in [0, 0.05) is 42.0 Å². The molecule has 2 aliphatic heterocycles. The molecule has 1 spiro atoms. The molecule has 3 heterocycles. The highest BCUT2D eigenvalue weighted by Gasteiger charge is 2.66. The summed E-state index contributed by atoms with van der Waals surface area (Å²) in [7, 11) is -2.89. The van der Waals surface area contributed by atoms with Crippen LogP contribution in [0.4, 0.5) is 11.4 Å². The van der Waals surface area contributed by atoms with Crippen molar-refractivity contribution in [2.24, 2.45) is 5.92 Å². The van der Waals surface area contributed by atoms with Crippen LogP contribution in [0.5, 0.6) is 0 Å². The standard InChI is InChI=1S/C32H41N5O6Si/c1-6-15-37-27-13-12-23(33-30(40)21(3)39)17-25(27)32(31(37)41)20(2)29(44(4,5)42)28(43-32)14-16-36-18-26(34-35-36)24(19-38)22-10-8-7-9-11-22/h6-13,17-18,20-21,24,28-29,38-39,42H,1,14-16,19H2,2-5H3,(H,33,40)/t20-,21-,24?,28+,29-,32+/m0/s1. The molecule has 1 unspecified atom stereocenters. The van der Waals surface area contributed by atoms with Crippen LogP contribution in [0.1, 0.15) is 43.0 Å². The number of nitrogens with zero attached hydrogens (tertiary/aromatic N) is 4. The lowest BCUT2D eigenvalue weighted by atomic mass is 9.82. The summed E-state index contributed by atoms with van der Waals surface area (Å²) in [6.07, 6.45) is 2.26. The molecular weight excluding hydrogens is 578 g/mol. The van der Waals surface area contributed by atoms with Crippen molar-refractivity contribution in [3.05, 3.63) is 84.2 Å². The number of carbonyl (C=O) groups excluding carboxylic acids is 2. The van der Waals surface area contributed by atoms with Gasteiger partial charge in [-0.25, -0.2) is 0 Å². The van der Waals surface area contributed by atoms with E-state index in [4.69, 9.17) is 4.74 Å². The van der Waals surface area contributed by atoms with Crippen molar-refractivity contribution in [2.45, 2.75) is 69.2 Å². The smallest absolute Gasteiger partial charge is 0.264 e. The summed E-state index contributed by atoms with van der Waals surface area (Å²) in [6, 6.07) is 14.8. The number of aliphatic hydroxyl groups excluding tert-OH is 2. The van der Waals surface area contributed by atoms with Crippen LogP contribution in [0.25, 0.3) is 0 Å². The molecule has 5 rings (SSSR count). The minimum Gasteiger partial charge on any atom is -0.432 e. The Labute approximate surface area is 258 Å². The number of aryl methyl sites for hydroxylation is 1. The highest BCUT2D eigenvalue weighted by Crippen LogP contribution is 2.60. The second-order valence-electron chi connectivity index (χ2n) is 12.3. The Kier molecular flexibility index (Phi) is 8.92. The zero-order valence-corrected chi connectivity index (χ0v) is 26.6. The van der Waals surface area contributed by atoms with E-state index >= 15 is 0 Å². The number of rotatable bonds is 11. The number of amides is 2. The maximum atomic E-state index is 14.3. The Bertz CT molecular complexity index is 1520. The van der Waals surface area contributed by atoms with E-state index in [1.54, 1.807) is 33.9 Å². The van der Waals surface area contributed by atoms with Gasteiger partial charge in [0.05, 0.1) is 30.0 Å². The Balaban J connectivity index is 1.46. The minimum absolute atomic E-state index is 0.108. The van der Waals surface area contributed by atoms with Gasteiger partial charge in [-0.05, 0) is 50.2 Å². The van der Waals surface area contributed by atoms with Gasteiger partial charge in [-0.15, -0.1) is 11.7 Å². The average molecular weight is 620 g/mol. The normalized spacial score (nSPS) is 24.4. The number of hydrogen-bond acceptors (Lipinski definition) is 8. The van der Waals surface area contributed by atoms with E-state index in [2.05, 4.69) is 22.2 Å². The number of hydrogen-bond donors (Lipinski definition) is 4. The lowest BCUT2D eigenvalue weighted by molar-refractivity contribution is -0.145. The van der Waals surface area contributed by atoms with Crippen molar-refractivity contribution >= 4 is 31.5 Å². The molecule has 0 aliphatic carbocycles. The van der Waals surface area contributed by atoms with E-state index < -0.39 is 32.0 Å². The van der Waals surface area contributed by atoms with Crippen LogP contribution in [-0.2, 0) is 26.5 Å². The number of nitrogens with one attached hydrogen (secondary N) is 1. The van der Waals surface area contributed by atoms with Crippen molar-refractivity contribution in [1.82, 2.24) is 15.0 Å². The Morgan fingerprint density at radius 2 is 1.98 bits per heavy atom. The lowest BCUT2D eigenvalue weighted by Crippen LogP contribution is -2.46. The Morgan fingerprint density at radius 3 is 2.61 bits per heavy atom. The third-order valence-electron chi connectivity index (χ3n) is 8.88. The summed E-state index contributed by atoms with van der Waals surface area (Å²) >= 11 is 0. The average Bonchev–Trinajstić information content (AvgIpc) is 3.63. The molecule has 44 heavy (non-hydrogen) atoms. The number of aromatic nitrogens is 3. The first-order valence-electron chi connectivity index (χ1n) is 14.9. The number of fused-ring (bicyclic) bond motifs is 2. The van der Waals surface area contributed by atoms with Crippen LogP contribution in [0.3, 0.4) is 0 Å². The number of aliphatic hydroxyl groups is 2. The molecule has 1 fully saturated rings. The summed E-state index contributed by atoms with van der Waals surface area (Å²) in [5.41, 5.74) is 1.62. The number of ether oxygens (including phenoxy) is 1. The van der Waals surface area contributed by atoms with Crippen molar-refractivity contribution in [1.29, 1.82) is 0 Å². The fourth-order valence-electron chi connectivity index (χ4n) is 6.88. The molecular formula is C32H41N5O6Si. The van der Waals surface area contributed by atoms with E-state index in [-0.39, 0.29) is 36.4 Å². The molecule has 2 amide bonds. The fraction of sp³-hybridized carbons (Fsp3) is 0.438. The summed E-state index contributed by atoms with van der Waals surface area (Å²) in [5.74, 6) is -1.49. The molecule has 2 aliphatic rings. The molecule has 234 valence electrons. The van der Waals surface area contributed by atoms with Gasteiger partial charge in [-0.1, -0.05) is 48.5 Å². The molecule has 12 heteroatoms. The predicted molar refractivity (Wildman–Crippen MR) is 168 cm³/mol. The number of benzene rings is 2. The molecule has 1 saturated heterocycles. The van der Waals surface area contributed by atoms with E-state index in [0.29, 0.717) is 35.6 Å². The maximum Gasteiger partial charge on any atom is 0.264 e. The highest BCUT2D eigenvalue weighted by atomic mass is 28.4. The minimum atomic E-state index is -2.89. The number of anilines is 2. The fourth-order valence-corrected chi connectivity index (χ4v) is 9.48. The van der Waals surface area contributed by atoms with E-state index in [1.165, 1.54) is 6.92 Å². The second-order valence-corrected chi connectivity index (χ2v) is 16.3. The van der Waals surface area contributed by atoms with Gasteiger partial charge in [0.1, 0.15) is 6.10 Å². The molecule has 3 aromatic rings. The summed E-state index contributed by atoms with van der Waals surface area (Å²) in [6.45, 7) is 11.5. The largest absolute Gasteiger partial charge is 0.432 e. The highest BCUT2D eigenvalue weighted by molar-refractivity contribution is 6.71. The monoisotopic (exact) mass is 619 g/mol. The van der Waals surface area contributed by atoms with Crippen LogP contribution in [0.2, 0.25) is 18.6 Å². The summed E-state index contributed by atoms with van der Waals surface area (Å²) in [5, 5.41) is 31.2. The molecule has 1 aromatic heterocycles. The van der Waals surface area contributed by atoms with Gasteiger partial charge in [-0.2, -0.15) is 0 Å². The number of carbonyl (C=O) groups is 2. The van der Waals surface area contributed by atoms with Gasteiger partial charge in [-0.3, -0.25) is 14.3 Å². The van der Waals surface area contributed by atoms with Crippen molar-refractivity contribution in [2.75, 3.05) is 23.4 Å². The first-order valence-corrected chi connectivity index (χ1v) is 18.0. The van der Waals surface area contributed by atoms with Crippen LogP contribution in [0, 0.1) is 5.92 Å². The van der Waals surface area contributed by atoms with E-state index in [0.717, 1.165) is 5.56 Å². The second kappa shape index (κ2) is 12.4. The molecule has 0 saturated carbocycles. The van der Waals surface area contributed by atoms with Gasteiger partial charge in [0.25, 0.3) is 11.8 Å². The summed E-state index contributed by atoms with van der Waals surface area (Å²) in [4.78, 5) is 39.7. The SMILES string of the molecule is C=CCN1C(=O)[C@]2(O[C@H](CCn3cc(C(CO)c4ccccc4)nn3)[C@@H]([Si](C)(C)O)[C@@H]2C)c2cc(NC(=O)[C@H](C)O)ccc21. The van der Waals surface area contributed by atoms with Gasteiger partial charge in [0.15, 0.2) is 13.9 Å². The molecule has 11 nitrogen and oxygen atoms in total. The van der Waals surface area contributed by atoms with Crippen LogP contribution < -0.4 is 10.2 Å². The zero-order chi connectivity index (χ0) is 31.8. The van der Waals surface area contributed by atoms with E-state index in [1.807, 2.05) is 56.5 Å². The van der Waals surface area contributed by atoms with Crippen molar-refractivity contribution in [3.8, 4) is 0 Å². The van der Waals surface area contributed by atoms with Crippen molar-refractivity contribution < 1.29 is 29.3 Å². The van der Waals surface area contributed by atoms with Crippen LogP contribution >= 0.6 is 0 Å². The zero-order valence-electron chi connectivity index (χ0n) is 25.6. The van der Waals surface area contributed by atoms with Crippen LogP contribution in [0.15, 0.2) is 67.4 Å². The predicted octanol–water partition coefficient (Wildman–Crippen LogP) is 3.14. The Morgan fingerprint density at radius 1 is 1.25 bits per heavy atom. The summed E-state index contributed by atoms with van der Waals surface area (Å²) < 4.78 is 8.55. The molecule has 0 bridgehead atoms. The van der Waals surface area contributed by atoms with Gasteiger partial charge in [0.2, 0.25) is 0 Å². The van der Waals surface area contributed by atoms with Crippen molar-refractivity contribution in [3.63, 3.8) is 0 Å². The van der Waals surface area contributed by atoms with Crippen LogP contribution in [-0.4, -0.2) is 75.5 Å². The first kappa shape index (κ1) is 31.7. The van der Waals surface area contributed by atoms with Gasteiger partial charge < -0.3 is 30.0 Å². The lowest BCUT2D eigenvalue weighted by Gasteiger charge is -2.32. The first-order chi connectivity index (χ1) is 20.9. The molecule has 2 aromatic carbocycles. The van der Waals surface area contributed by atoms with E-state index in [9.17, 15) is 24.6 Å². The molecule has 6 atom stereocenters. The molecule has 0 radical (unpaired) electrons. The third-order valence-corrected chi connectivity index (χ3v) is 11.4. The Hall–Kier alpha value is -3.68. The van der Waals surface area contributed by atoms with Gasteiger partial charge >= 0.3 is 0 Å². The maximum absolute atomic E-state index is 14.3. The molecule has 4 N–H and O–H groups in total. The quantitative estimate of drug-likeness (QED) is 0.189. The third kappa shape index (κ3) is 5.63.